The molecule has 1 unspecified atom stereocenters. The Labute approximate surface area is 136 Å². The normalized spacial score (nSPS) is 20.6. The predicted molar refractivity (Wildman–Crippen MR) is 74.1 cm³/mol. The van der Waals surface area contributed by atoms with E-state index in [-0.39, 0.29) is 19.6 Å². The molecule has 0 aromatic carbocycles. The molecule has 1 rings (SSSR count). The van der Waals surface area contributed by atoms with Gasteiger partial charge in [0.05, 0.1) is 13.2 Å². The Balaban J connectivity index is 3.06. The van der Waals surface area contributed by atoms with E-state index in [0.29, 0.717) is 4.90 Å². The highest BCUT2D eigenvalue weighted by atomic mass is 19.3. The molecule has 0 saturated carbocycles. The fourth-order valence-corrected chi connectivity index (χ4v) is 2.55. The van der Waals surface area contributed by atoms with Gasteiger partial charge in [-0.3, -0.25) is 9.59 Å². The Morgan fingerprint density at radius 2 is 1.71 bits per heavy atom. The van der Waals surface area contributed by atoms with Crippen LogP contribution in [0.15, 0.2) is 0 Å². The summed E-state index contributed by atoms with van der Waals surface area (Å²) in [7, 11) is 0. The van der Waals surface area contributed by atoms with Gasteiger partial charge in [-0.15, -0.1) is 0 Å². The number of carboxylic acid groups (broad SMARTS) is 1. The second kappa shape index (κ2) is 8.02. The highest BCUT2D eigenvalue weighted by Gasteiger charge is 2.58. The maximum absolute atomic E-state index is 14.3. The zero-order valence-electron chi connectivity index (χ0n) is 13.3. The van der Waals surface area contributed by atoms with Gasteiger partial charge in [-0.05, 0) is 26.7 Å². The Morgan fingerprint density at radius 1 is 1.12 bits per heavy atom. The first-order valence-corrected chi connectivity index (χ1v) is 7.41. The number of likely N-dealkylation sites (tertiary alicyclic amines) is 1. The molecule has 8 nitrogen and oxygen atoms in total. The molecule has 24 heavy (non-hydrogen) atoms. The Kier molecular flexibility index (Phi) is 6.61. The minimum atomic E-state index is -4.08. The van der Waals surface area contributed by atoms with Gasteiger partial charge in [-0.2, -0.15) is 8.78 Å². The molecule has 1 saturated heterocycles. The maximum Gasteiger partial charge on any atom is 0.379 e. The number of carbonyl (C=O) groups is 4. The number of halogens is 2. The van der Waals surface area contributed by atoms with E-state index < -0.39 is 54.7 Å². The van der Waals surface area contributed by atoms with Gasteiger partial charge < -0.3 is 19.5 Å². The molecule has 1 fully saturated rings. The number of hydrogen-bond acceptors (Lipinski definition) is 6. The number of nitrogens with zero attached hydrogens (tertiary/aromatic N) is 1. The summed E-state index contributed by atoms with van der Waals surface area (Å²) < 4.78 is 37.4. The van der Waals surface area contributed by atoms with E-state index in [0.717, 1.165) is 0 Å². The van der Waals surface area contributed by atoms with Crippen molar-refractivity contribution in [3.8, 4) is 0 Å². The fraction of sp³-hybridized carbons (Fsp3) is 0.714. The summed E-state index contributed by atoms with van der Waals surface area (Å²) in [5, 5.41) is 9.12. The molecule has 0 aliphatic carbocycles. The lowest BCUT2D eigenvalue weighted by Gasteiger charge is -2.32. The van der Waals surface area contributed by atoms with Gasteiger partial charge in [0, 0.05) is 0 Å². The van der Waals surface area contributed by atoms with Crippen molar-refractivity contribution in [2.24, 2.45) is 0 Å². The first-order chi connectivity index (χ1) is 11.2. The van der Waals surface area contributed by atoms with Crippen LogP contribution in [0.3, 0.4) is 0 Å². The second-order valence-corrected chi connectivity index (χ2v) is 5.07. The largest absolute Gasteiger partial charge is 0.480 e. The van der Waals surface area contributed by atoms with E-state index in [4.69, 9.17) is 5.11 Å². The number of rotatable bonds is 7. The third kappa shape index (κ3) is 4.18. The number of aliphatic carboxylic acids is 1. The standard InChI is InChI=1S/C14H19F2NO7/c1-3-23-11(19)7-10(18)17-8(12(20)21)5-6-9(17)14(15,16)13(22)24-4-2/h8-9H,3-7H2,1-2H3,(H,20,21)/t8-,9?/m1/s1. The number of amides is 1. The lowest BCUT2D eigenvalue weighted by molar-refractivity contribution is -0.184. The molecule has 0 aromatic heterocycles. The molecule has 1 amide bonds. The van der Waals surface area contributed by atoms with Crippen LogP contribution in [0.5, 0.6) is 0 Å². The van der Waals surface area contributed by atoms with Crippen molar-refractivity contribution in [1.82, 2.24) is 4.90 Å². The van der Waals surface area contributed by atoms with Crippen LogP contribution < -0.4 is 0 Å². The Bertz CT molecular complexity index is 523. The first kappa shape index (κ1) is 19.8. The van der Waals surface area contributed by atoms with Gasteiger partial charge in [-0.25, -0.2) is 9.59 Å². The molecule has 136 valence electrons. The van der Waals surface area contributed by atoms with E-state index in [2.05, 4.69) is 9.47 Å². The van der Waals surface area contributed by atoms with E-state index in [1.807, 2.05) is 0 Å². The predicted octanol–water partition coefficient (Wildman–Crippen LogP) is 0.582. The summed E-state index contributed by atoms with van der Waals surface area (Å²) >= 11 is 0. The SMILES string of the molecule is CCOC(=O)CC(=O)N1C(C(F)(F)C(=O)OCC)CC[C@@H]1C(=O)O. The minimum Gasteiger partial charge on any atom is -0.480 e. The van der Waals surface area contributed by atoms with Crippen LogP contribution in [-0.4, -0.2) is 65.0 Å². The lowest BCUT2D eigenvalue weighted by Crippen LogP contribution is -2.55. The van der Waals surface area contributed by atoms with Crippen LogP contribution in [0.4, 0.5) is 8.78 Å². The van der Waals surface area contributed by atoms with Gasteiger partial charge in [0.25, 0.3) is 0 Å². The summed E-state index contributed by atoms with van der Waals surface area (Å²) in [5.41, 5.74) is 0. The molecule has 2 atom stereocenters. The summed E-state index contributed by atoms with van der Waals surface area (Å²) in [5.74, 6) is -9.50. The topological polar surface area (TPSA) is 110 Å². The second-order valence-electron chi connectivity index (χ2n) is 5.07. The molecular weight excluding hydrogens is 332 g/mol. The van der Waals surface area contributed by atoms with Crippen molar-refractivity contribution < 1.29 is 42.5 Å². The zero-order chi connectivity index (χ0) is 18.5. The maximum atomic E-state index is 14.3. The molecule has 0 aromatic rings. The highest BCUT2D eigenvalue weighted by molar-refractivity contribution is 5.97. The van der Waals surface area contributed by atoms with Gasteiger partial charge in [-0.1, -0.05) is 0 Å². The number of ether oxygens (including phenoxy) is 2. The van der Waals surface area contributed by atoms with Gasteiger partial charge in [0.15, 0.2) is 0 Å². The van der Waals surface area contributed by atoms with Crippen LogP contribution in [0, 0.1) is 0 Å². The van der Waals surface area contributed by atoms with E-state index in [1.54, 1.807) is 0 Å². The van der Waals surface area contributed by atoms with Crippen LogP contribution in [0.25, 0.3) is 0 Å². The molecule has 1 aliphatic heterocycles. The van der Waals surface area contributed by atoms with Crippen LogP contribution in [-0.2, 0) is 28.7 Å². The molecule has 1 N–H and O–H groups in total. The average Bonchev–Trinajstić information content (AvgIpc) is 2.93. The summed E-state index contributed by atoms with van der Waals surface area (Å²) in [6.45, 7) is 2.53. The number of esters is 2. The molecular formula is C14H19F2NO7. The summed E-state index contributed by atoms with van der Waals surface area (Å²) in [6.07, 6.45) is -1.55. The highest BCUT2D eigenvalue weighted by Crippen LogP contribution is 2.36. The van der Waals surface area contributed by atoms with E-state index in [1.165, 1.54) is 13.8 Å². The third-order valence-corrected chi connectivity index (χ3v) is 3.53. The van der Waals surface area contributed by atoms with Crippen molar-refractivity contribution in [2.45, 2.75) is 51.1 Å². The van der Waals surface area contributed by atoms with Gasteiger partial charge in [0.2, 0.25) is 5.91 Å². The van der Waals surface area contributed by atoms with Gasteiger partial charge >= 0.3 is 23.8 Å². The van der Waals surface area contributed by atoms with E-state index in [9.17, 15) is 28.0 Å². The molecule has 10 heteroatoms. The third-order valence-electron chi connectivity index (χ3n) is 3.53. The molecule has 1 aliphatic rings. The van der Waals surface area contributed by atoms with Crippen LogP contribution in [0.1, 0.15) is 33.1 Å². The Hall–Kier alpha value is -2.26. The minimum absolute atomic E-state index is 0.0170. The van der Waals surface area contributed by atoms with Gasteiger partial charge in [0.1, 0.15) is 18.5 Å². The number of carbonyl (C=O) groups excluding carboxylic acids is 3. The van der Waals surface area contributed by atoms with Crippen molar-refractivity contribution >= 4 is 23.8 Å². The first-order valence-electron chi connectivity index (χ1n) is 7.41. The number of alkyl halides is 2. The van der Waals surface area contributed by atoms with Crippen LogP contribution in [0.2, 0.25) is 0 Å². The number of carboxylic acids is 1. The zero-order valence-corrected chi connectivity index (χ0v) is 13.3. The molecule has 0 bridgehead atoms. The molecule has 0 radical (unpaired) electrons. The lowest BCUT2D eigenvalue weighted by atomic mass is 10.1. The summed E-state index contributed by atoms with van der Waals surface area (Å²) in [4.78, 5) is 46.6. The number of hydrogen-bond donors (Lipinski definition) is 1. The van der Waals surface area contributed by atoms with Crippen molar-refractivity contribution in [3.05, 3.63) is 0 Å². The smallest absolute Gasteiger partial charge is 0.379 e. The Morgan fingerprint density at radius 3 is 2.21 bits per heavy atom. The van der Waals surface area contributed by atoms with Crippen molar-refractivity contribution in [1.29, 1.82) is 0 Å². The monoisotopic (exact) mass is 351 g/mol. The average molecular weight is 351 g/mol. The van der Waals surface area contributed by atoms with Crippen molar-refractivity contribution in [2.75, 3.05) is 13.2 Å². The summed E-state index contributed by atoms with van der Waals surface area (Å²) in [6, 6.07) is -3.53. The van der Waals surface area contributed by atoms with E-state index >= 15 is 0 Å². The van der Waals surface area contributed by atoms with Crippen LogP contribution >= 0.6 is 0 Å². The quantitative estimate of drug-likeness (QED) is 0.528. The van der Waals surface area contributed by atoms with Crippen molar-refractivity contribution in [3.63, 3.8) is 0 Å². The molecule has 1 heterocycles. The fourth-order valence-electron chi connectivity index (χ4n) is 2.55. The molecule has 0 spiro atoms.